The van der Waals surface area contributed by atoms with Crippen molar-refractivity contribution in [2.24, 2.45) is 0 Å². The van der Waals surface area contributed by atoms with Crippen molar-refractivity contribution in [3.8, 4) is 0 Å². The van der Waals surface area contributed by atoms with Gasteiger partial charge in [-0.2, -0.15) is 0 Å². The van der Waals surface area contributed by atoms with Crippen molar-refractivity contribution >= 4 is 36.6 Å². The van der Waals surface area contributed by atoms with Gasteiger partial charge in [-0.15, -0.1) is 0 Å². The van der Waals surface area contributed by atoms with Crippen molar-refractivity contribution in [2.75, 3.05) is 20.4 Å². The first-order valence-electron chi connectivity index (χ1n) is 5.57. The van der Waals surface area contributed by atoms with E-state index in [0.717, 1.165) is 0 Å². The highest BCUT2D eigenvalue weighted by Gasteiger charge is 2.25. The molecular weight excluding hydrogens is 310 g/mol. The molecule has 4 nitrogen and oxygen atoms in total. The molecule has 0 radical (unpaired) electrons. The molecule has 0 saturated carbocycles. The summed E-state index contributed by atoms with van der Waals surface area (Å²) in [6, 6.07) is 5.16. The Morgan fingerprint density at radius 3 is 2.21 bits per heavy atom. The van der Waals surface area contributed by atoms with Crippen molar-refractivity contribution in [2.45, 2.75) is 12.8 Å². The van der Waals surface area contributed by atoms with Gasteiger partial charge in [0.25, 0.3) is 0 Å². The van der Waals surface area contributed by atoms with Crippen LogP contribution >= 0.6 is 30.8 Å². The lowest BCUT2D eigenvalue weighted by molar-refractivity contribution is -0.116. The van der Waals surface area contributed by atoms with Gasteiger partial charge in [0.2, 0.25) is 0 Å². The Kier molecular flexibility index (Phi) is 6.51. The number of carbonyl (C=O) groups excluding carboxylic acids is 1. The molecule has 0 aromatic heterocycles. The number of hydrogen-bond acceptors (Lipinski definition) is 4. The van der Waals surface area contributed by atoms with Crippen molar-refractivity contribution in [1.29, 1.82) is 0 Å². The Hall–Kier alpha value is -0.380. The molecule has 1 aromatic rings. The van der Waals surface area contributed by atoms with Crippen molar-refractivity contribution in [1.82, 2.24) is 0 Å². The second-order valence-electron chi connectivity index (χ2n) is 3.87. The standard InChI is InChI=1S/C12H15Cl2O4P/c1-17-19(16,18-2)8-9(15)6-7-10-11(13)4-3-5-12(10)14/h3-5H,6-8H2,1-2H3. The van der Waals surface area contributed by atoms with E-state index in [1.807, 2.05) is 0 Å². The predicted molar refractivity (Wildman–Crippen MR) is 76.3 cm³/mol. The topological polar surface area (TPSA) is 52.6 Å². The summed E-state index contributed by atoms with van der Waals surface area (Å²) < 4.78 is 21.2. The summed E-state index contributed by atoms with van der Waals surface area (Å²) in [5.74, 6) is -0.219. The van der Waals surface area contributed by atoms with Gasteiger partial charge in [0, 0.05) is 30.7 Å². The fourth-order valence-corrected chi connectivity index (χ4v) is 3.12. The molecular formula is C12H15Cl2O4P. The monoisotopic (exact) mass is 324 g/mol. The van der Waals surface area contributed by atoms with Crippen LogP contribution in [0.2, 0.25) is 10.0 Å². The van der Waals surface area contributed by atoms with Crippen molar-refractivity contribution in [3.05, 3.63) is 33.8 Å². The molecule has 0 atom stereocenters. The minimum absolute atomic E-state index is 0.181. The van der Waals surface area contributed by atoms with Gasteiger partial charge in [-0.05, 0) is 24.1 Å². The van der Waals surface area contributed by atoms with E-state index < -0.39 is 7.60 Å². The Morgan fingerprint density at radius 2 is 1.74 bits per heavy atom. The molecule has 7 heteroatoms. The number of Topliss-reactive ketones (excluding diaryl/α,β-unsaturated/α-hetero) is 1. The summed E-state index contributed by atoms with van der Waals surface area (Å²) in [4.78, 5) is 11.8. The molecule has 0 saturated heterocycles. The largest absolute Gasteiger partial charge is 0.337 e. The molecule has 0 aliphatic heterocycles. The van der Waals surface area contributed by atoms with E-state index in [1.54, 1.807) is 18.2 Å². The summed E-state index contributed by atoms with van der Waals surface area (Å²) in [6.45, 7) is 0. The van der Waals surface area contributed by atoms with E-state index in [0.29, 0.717) is 22.0 Å². The number of hydrogen-bond donors (Lipinski definition) is 0. The van der Waals surface area contributed by atoms with Gasteiger partial charge in [-0.1, -0.05) is 29.3 Å². The molecule has 0 spiro atoms. The zero-order valence-corrected chi connectivity index (χ0v) is 13.1. The third-order valence-corrected chi connectivity index (χ3v) is 5.20. The maximum absolute atomic E-state index is 11.8. The van der Waals surface area contributed by atoms with E-state index >= 15 is 0 Å². The molecule has 0 unspecified atom stereocenters. The summed E-state index contributed by atoms with van der Waals surface area (Å²) >= 11 is 12.0. The lowest BCUT2D eigenvalue weighted by Gasteiger charge is -2.12. The number of ketones is 1. The summed E-state index contributed by atoms with van der Waals surface area (Å²) in [5.41, 5.74) is 0.712. The highest BCUT2D eigenvalue weighted by molar-refractivity contribution is 7.54. The smallest absolute Gasteiger partial charge is 0.312 e. The lowest BCUT2D eigenvalue weighted by atomic mass is 10.1. The highest BCUT2D eigenvalue weighted by Crippen LogP contribution is 2.46. The SMILES string of the molecule is COP(=O)(CC(=O)CCc1c(Cl)cccc1Cl)OC. The zero-order valence-electron chi connectivity index (χ0n) is 10.7. The van der Waals surface area contributed by atoms with Gasteiger partial charge in [0.05, 0.1) is 0 Å². The van der Waals surface area contributed by atoms with Crippen molar-refractivity contribution < 1.29 is 18.4 Å². The molecule has 19 heavy (non-hydrogen) atoms. The van der Waals surface area contributed by atoms with Gasteiger partial charge in [0.1, 0.15) is 11.9 Å². The fourth-order valence-electron chi connectivity index (χ4n) is 1.53. The molecule has 0 amide bonds. The number of benzene rings is 1. The average Bonchev–Trinajstić information content (AvgIpc) is 2.38. The molecule has 0 aliphatic rings. The first-order chi connectivity index (χ1) is 8.91. The Labute approximate surface area is 122 Å². The third-order valence-electron chi connectivity index (χ3n) is 2.64. The molecule has 0 N–H and O–H groups in total. The predicted octanol–water partition coefficient (Wildman–Crippen LogP) is 3.98. The fraction of sp³-hybridized carbons (Fsp3) is 0.417. The van der Waals surface area contributed by atoms with Crippen LogP contribution in [0.3, 0.4) is 0 Å². The molecule has 0 bridgehead atoms. The summed E-state index contributed by atoms with van der Waals surface area (Å²) in [7, 11) is -0.793. The van der Waals surface area contributed by atoms with Crippen LogP contribution in [0.1, 0.15) is 12.0 Å². The minimum atomic E-state index is -3.30. The average molecular weight is 325 g/mol. The molecule has 106 valence electrons. The summed E-state index contributed by atoms with van der Waals surface area (Å²) in [5, 5.41) is 1.03. The van der Waals surface area contributed by atoms with Gasteiger partial charge in [-0.3, -0.25) is 9.36 Å². The molecule has 0 heterocycles. The first kappa shape index (κ1) is 16.7. The minimum Gasteiger partial charge on any atom is -0.312 e. The van der Waals surface area contributed by atoms with Crippen LogP contribution in [-0.4, -0.2) is 26.2 Å². The Bertz CT molecular complexity index is 476. The van der Waals surface area contributed by atoms with Crippen LogP contribution in [0.25, 0.3) is 0 Å². The van der Waals surface area contributed by atoms with Crippen LogP contribution < -0.4 is 0 Å². The van der Waals surface area contributed by atoms with Gasteiger partial charge in [0.15, 0.2) is 0 Å². The summed E-state index contributed by atoms with van der Waals surface area (Å²) in [6.07, 6.45) is 0.326. The van der Waals surface area contributed by atoms with Crippen LogP contribution in [-0.2, 0) is 24.8 Å². The van der Waals surface area contributed by atoms with Crippen LogP contribution in [0, 0.1) is 0 Å². The van der Waals surface area contributed by atoms with Crippen LogP contribution in [0.5, 0.6) is 0 Å². The van der Waals surface area contributed by atoms with Gasteiger partial charge < -0.3 is 9.05 Å². The first-order valence-corrected chi connectivity index (χ1v) is 8.05. The van der Waals surface area contributed by atoms with E-state index in [2.05, 4.69) is 0 Å². The maximum atomic E-state index is 11.8. The molecule has 0 fully saturated rings. The second kappa shape index (κ2) is 7.41. The third kappa shape index (κ3) is 4.90. The van der Waals surface area contributed by atoms with E-state index in [1.165, 1.54) is 14.2 Å². The van der Waals surface area contributed by atoms with Crippen LogP contribution in [0.15, 0.2) is 18.2 Å². The van der Waals surface area contributed by atoms with E-state index in [9.17, 15) is 9.36 Å². The molecule has 1 aromatic carbocycles. The molecule has 0 aliphatic carbocycles. The van der Waals surface area contributed by atoms with Gasteiger partial charge >= 0.3 is 7.60 Å². The Morgan fingerprint density at radius 1 is 1.21 bits per heavy atom. The quantitative estimate of drug-likeness (QED) is 0.712. The number of rotatable bonds is 7. The highest BCUT2D eigenvalue weighted by atomic mass is 35.5. The van der Waals surface area contributed by atoms with E-state index in [4.69, 9.17) is 32.2 Å². The van der Waals surface area contributed by atoms with E-state index in [-0.39, 0.29) is 18.4 Å². The number of halogens is 2. The Balaban J connectivity index is 2.63. The second-order valence-corrected chi connectivity index (χ2v) is 6.96. The molecule has 1 rings (SSSR count). The van der Waals surface area contributed by atoms with Gasteiger partial charge in [-0.25, -0.2) is 0 Å². The van der Waals surface area contributed by atoms with Crippen LogP contribution in [0.4, 0.5) is 0 Å². The normalized spacial score (nSPS) is 11.6. The zero-order chi connectivity index (χ0) is 14.5. The lowest BCUT2D eigenvalue weighted by Crippen LogP contribution is -2.09. The number of carbonyl (C=O) groups is 1. The van der Waals surface area contributed by atoms with Crippen molar-refractivity contribution in [3.63, 3.8) is 0 Å². The maximum Gasteiger partial charge on any atom is 0.337 e.